The maximum Gasteiger partial charge on any atom is -1.00 e. The van der Waals surface area contributed by atoms with Crippen molar-refractivity contribution in [2.75, 3.05) is 0 Å². The molecule has 26 heavy (non-hydrogen) atoms. The summed E-state index contributed by atoms with van der Waals surface area (Å²) in [7, 11) is 0. The number of hydrogen-bond donors (Lipinski definition) is 0. The second kappa shape index (κ2) is 8.50. The minimum absolute atomic E-state index is 0. The second-order valence-electron chi connectivity index (χ2n) is 6.82. The minimum atomic E-state index is -2.31. The molecule has 2 aromatic rings. The van der Waals surface area contributed by atoms with Crippen LogP contribution >= 0.6 is 0 Å². The Morgan fingerprint density at radius 1 is 1.00 bits per heavy atom. The molecule has 0 aromatic heterocycles. The molecular formula is C21H19Cl2F2Zr. The van der Waals surface area contributed by atoms with E-state index in [0.717, 1.165) is 31.9 Å². The van der Waals surface area contributed by atoms with E-state index < -0.39 is 21.8 Å². The molecule has 0 nitrogen and oxygen atoms in total. The number of benzene rings is 2. The summed E-state index contributed by atoms with van der Waals surface area (Å²) in [5, 5.41) is 0. The van der Waals surface area contributed by atoms with E-state index in [2.05, 4.69) is 32.1 Å². The molecule has 2 aliphatic carbocycles. The summed E-state index contributed by atoms with van der Waals surface area (Å²) in [5.74, 6) is -0.271. The number of hydrogen-bond acceptors (Lipinski definition) is 0. The smallest absolute Gasteiger partial charge is 1.00 e. The van der Waals surface area contributed by atoms with Crippen molar-refractivity contribution >= 4 is 3.27 Å². The van der Waals surface area contributed by atoms with Crippen LogP contribution in [0.5, 0.6) is 0 Å². The average Bonchev–Trinajstić information content (AvgIpc) is 3.16. The van der Waals surface area contributed by atoms with Crippen LogP contribution in [-0.2, 0) is 28.2 Å². The van der Waals surface area contributed by atoms with Crippen LogP contribution in [0.3, 0.4) is 0 Å². The van der Waals surface area contributed by atoms with E-state index >= 15 is 0 Å². The first kappa shape index (κ1) is 21.5. The summed E-state index contributed by atoms with van der Waals surface area (Å²) in [4.78, 5) is 0. The van der Waals surface area contributed by atoms with E-state index in [1.54, 1.807) is 12.1 Å². The Morgan fingerprint density at radius 2 is 1.73 bits per heavy atom. The molecule has 135 valence electrons. The van der Waals surface area contributed by atoms with Crippen molar-refractivity contribution in [1.82, 2.24) is 0 Å². The largest absolute Gasteiger partial charge is 1.00 e. The topological polar surface area (TPSA) is 0 Å². The quantitative estimate of drug-likeness (QED) is 0.482. The van der Waals surface area contributed by atoms with Gasteiger partial charge in [-0.3, -0.25) is 0 Å². The van der Waals surface area contributed by atoms with E-state index in [4.69, 9.17) is 0 Å². The summed E-state index contributed by atoms with van der Waals surface area (Å²) in [6.45, 7) is 4.46. The zero-order valence-corrected chi connectivity index (χ0v) is 18.6. The van der Waals surface area contributed by atoms with Gasteiger partial charge in [0.05, 0.1) is 0 Å². The predicted octanol–water partition coefficient (Wildman–Crippen LogP) is -0.540. The maximum absolute atomic E-state index is 14.9. The van der Waals surface area contributed by atoms with Gasteiger partial charge in [-0.1, -0.05) is 0 Å². The molecule has 0 bridgehead atoms. The SMILES string of the molecule is C[CH](C)[Zr+2]([C]1=CC=CC1)[c]1c(F)ccc2c1Cc1cc(F)ccc1-2.[Cl-].[Cl-]. The Morgan fingerprint density at radius 3 is 2.38 bits per heavy atom. The van der Waals surface area contributed by atoms with Crippen LogP contribution < -0.4 is 28.1 Å². The third kappa shape index (κ3) is 3.64. The second-order valence-corrected chi connectivity index (χ2v) is 14.5. The van der Waals surface area contributed by atoms with Gasteiger partial charge in [0.2, 0.25) is 0 Å². The van der Waals surface area contributed by atoms with Gasteiger partial charge in [0.15, 0.2) is 0 Å². The van der Waals surface area contributed by atoms with Gasteiger partial charge in [-0.2, -0.15) is 0 Å². The van der Waals surface area contributed by atoms with Crippen LogP contribution in [0.4, 0.5) is 8.78 Å². The molecule has 4 rings (SSSR count). The molecule has 0 aliphatic heterocycles. The van der Waals surface area contributed by atoms with Gasteiger partial charge < -0.3 is 24.8 Å². The van der Waals surface area contributed by atoms with Crippen molar-refractivity contribution in [2.45, 2.75) is 30.3 Å². The number of fused-ring (bicyclic) bond motifs is 3. The average molecular weight is 472 g/mol. The van der Waals surface area contributed by atoms with Gasteiger partial charge in [-0.15, -0.1) is 0 Å². The molecule has 2 aliphatic rings. The monoisotopic (exact) mass is 469 g/mol. The van der Waals surface area contributed by atoms with Gasteiger partial charge in [-0.05, 0) is 0 Å². The van der Waals surface area contributed by atoms with Gasteiger partial charge in [0, 0.05) is 0 Å². The fourth-order valence-corrected chi connectivity index (χ4v) is 11.7. The van der Waals surface area contributed by atoms with Crippen molar-refractivity contribution in [3.8, 4) is 11.1 Å². The summed E-state index contributed by atoms with van der Waals surface area (Å²) in [6, 6.07) is 8.44. The van der Waals surface area contributed by atoms with E-state index in [-0.39, 0.29) is 36.4 Å². The van der Waals surface area contributed by atoms with E-state index in [1.807, 2.05) is 12.1 Å². The number of rotatable bonds is 3. The third-order valence-electron chi connectivity index (χ3n) is 4.95. The molecule has 0 heterocycles. The molecule has 0 saturated heterocycles. The summed E-state index contributed by atoms with van der Waals surface area (Å²) in [6.07, 6.45) is 8.10. The Kier molecular flexibility index (Phi) is 7.05. The van der Waals surface area contributed by atoms with Gasteiger partial charge in [0.25, 0.3) is 0 Å². The van der Waals surface area contributed by atoms with Gasteiger partial charge >= 0.3 is 150 Å². The molecule has 0 spiro atoms. The van der Waals surface area contributed by atoms with Crippen LogP contribution in [-0.4, -0.2) is 0 Å². The van der Waals surface area contributed by atoms with Crippen molar-refractivity contribution < 1.29 is 55.3 Å². The Hall–Kier alpha value is -0.757. The molecular weight excluding hydrogens is 452 g/mol. The summed E-state index contributed by atoms with van der Waals surface area (Å²) >= 11 is -2.31. The molecule has 0 N–H and O–H groups in total. The molecule has 0 unspecified atom stereocenters. The standard InChI is InChI=1S/C13H7F2.C5H5.C3H7.2ClH.Zr/c14-10-1-3-12-8(6-10)5-9-7-11(15)2-4-13(9)12;1-2-4-5-3-1;1-3-2;;;/h1-4,6H,5H2;1-3H,4H2;3H,1-2H3;2*1H;/q;;;;;+2/p-2. The zero-order chi connectivity index (χ0) is 16.8. The van der Waals surface area contributed by atoms with Crippen molar-refractivity contribution in [2.24, 2.45) is 0 Å². The fraction of sp³-hybridized carbons (Fsp3) is 0.238. The van der Waals surface area contributed by atoms with Crippen LogP contribution in [0.25, 0.3) is 11.1 Å². The molecule has 5 heteroatoms. The van der Waals surface area contributed by atoms with E-state index in [0.29, 0.717) is 10.0 Å². The predicted molar refractivity (Wildman–Crippen MR) is 91.2 cm³/mol. The van der Waals surface area contributed by atoms with Crippen molar-refractivity contribution in [3.63, 3.8) is 0 Å². The van der Waals surface area contributed by atoms with Gasteiger partial charge in [-0.25, -0.2) is 0 Å². The minimum Gasteiger partial charge on any atom is -1.00 e. The van der Waals surface area contributed by atoms with Crippen molar-refractivity contribution in [1.29, 1.82) is 0 Å². The molecule has 2 aromatic carbocycles. The fourth-order valence-electron chi connectivity index (χ4n) is 3.98. The van der Waals surface area contributed by atoms with Crippen LogP contribution in [0.2, 0.25) is 3.63 Å². The van der Waals surface area contributed by atoms with Crippen LogP contribution in [0, 0.1) is 11.6 Å². The number of halogens is 4. The zero-order valence-electron chi connectivity index (χ0n) is 14.6. The maximum atomic E-state index is 14.9. The summed E-state index contributed by atoms with van der Waals surface area (Å²) in [5.41, 5.74) is 4.28. The summed E-state index contributed by atoms with van der Waals surface area (Å²) < 4.78 is 31.5. The Labute approximate surface area is 173 Å². The normalized spacial score (nSPS) is 13.7. The first-order chi connectivity index (χ1) is 11.6. The van der Waals surface area contributed by atoms with Crippen molar-refractivity contribution in [3.05, 3.63) is 74.6 Å². The third-order valence-corrected chi connectivity index (χ3v) is 13.1. The molecule has 0 amide bonds. The van der Waals surface area contributed by atoms with E-state index in [9.17, 15) is 8.78 Å². The molecule has 0 radical (unpaired) electrons. The first-order valence-corrected chi connectivity index (χ1v) is 12.3. The van der Waals surface area contributed by atoms with Gasteiger partial charge in [0.1, 0.15) is 0 Å². The Bertz CT molecular complexity index is 888. The molecule has 0 saturated carbocycles. The van der Waals surface area contributed by atoms with Crippen LogP contribution in [0.15, 0.2) is 51.8 Å². The van der Waals surface area contributed by atoms with Crippen LogP contribution in [0.1, 0.15) is 31.4 Å². The Balaban J connectivity index is 0.00000121. The first-order valence-electron chi connectivity index (χ1n) is 8.39. The number of allylic oxidation sites excluding steroid dienone is 4. The van der Waals surface area contributed by atoms with E-state index in [1.165, 1.54) is 9.35 Å². The molecule has 0 fully saturated rings. The molecule has 0 atom stereocenters.